The molecule has 1 N–H and O–H groups in total. The maximum atomic E-state index is 13.4. The minimum atomic E-state index is -0.381. The fourth-order valence-corrected chi connectivity index (χ4v) is 2.82. The van der Waals surface area contributed by atoms with Crippen molar-refractivity contribution in [3.8, 4) is 11.4 Å². The minimum Gasteiger partial charge on any atom is -0.324 e. The maximum absolute atomic E-state index is 13.4. The van der Waals surface area contributed by atoms with Gasteiger partial charge in [-0.1, -0.05) is 42.5 Å². The number of imidazole rings is 1. The average Bonchev–Trinajstić information content (AvgIpc) is 3.04. The van der Waals surface area contributed by atoms with E-state index in [1.165, 1.54) is 17.7 Å². The van der Waals surface area contributed by atoms with Crippen LogP contribution >= 0.6 is 0 Å². The molecular formula is C19H15FN4O. The van der Waals surface area contributed by atoms with Crippen LogP contribution in [0.3, 0.4) is 0 Å². The van der Waals surface area contributed by atoms with Crippen LogP contribution in [-0.2, 0) is 13.0 Å². The van der Waals surface area contributed by atoms with E-state index in [2.05, 4.69) is 15.0 Å². The molecule has 0 unspecified atom stereocenters. The van der Waals surface area contributed by atoms with Crippen LogP contribution in [0.25, 0.3) is 22.6 Å². The van der Waals surface area contributed by atoms with Gasteiger partial charge in [-0.05, 0) is 24.1 Å². The Labute approximate surface area is 142 Å². The van der Waals surface area contributed by atoms with E-state index < -0.39 is 0 Å². The highest BCUT2D eigenvalue weighted by Crippen LogP contribution is 2.17. The van der Waals surface area contributed by atoms with Crippen molar-refractivity contribution < 1.29 is 4.39 Å². The molecule has 0 bridgehead atoms. The van der Waals surface area contributed by atoms with Gasteiger partial charge in [0, 0.05) is 12.1 Å². The summed E-state index contributed by atoms with van der Waals surface area (Å²) in [5.41, 5.74) is 2.20. The number of nitrogens with zero attached hydrogens (tertiary/aromatic N) is 3. The molecular weight excluding hydrogens is 319 g/mol. The van der Waals surface area contributed by atoms with Gasteiger partial charge in [0.15, 0.2) is 11.2 Å². The van der Waals surface area contributed by atoms with E-state index in [0.717, 1.165) is 6.42 Å². The molecule has 0 spiro atoms. The van der Waals surface area contributed by atoms with Gasteiger partial charge in [-0.2, -0.15) is 0 Å². The molecule has 6 heteroatoms. The number of rotatable bonds is 4. The van der Waals surface area contributed by atoms with Gasteiger partial charge in [0.05, 0.1) is 6.33 Å². The number of halogens is 1. The summed E-state index contributed by atoms with van der Waals surface area (Å²) in [7, 11) is 0. The second-order valence-electron chi connectivity index (χ2n) is 5.77. The SMILES string of the molecule is O=c1[nH]c(-c2cccc(F)c2)nc2ncn(CCc3ccccc3)c12. The number of aromatic amines is 1. The lowest BCUT2D eigenvalue weighted by Crippen LogP contribution is -2.14. The molecule has 124 valence electrons. The van der Waals surface area contributed by atoms with Gasteiger partial charge in [-0.25, -0.2) is 14.4 Å². The molecule has 0 aliphatic heterocycles. The van der Waals surface area contributed by atoms with Crippen molar-refractivity contribution in [2.45, 2.75) is 13.0 Å². The Hall–Kier alpha value is -3.28. The van der Waals surface area contributed by atoms with Crippen molar-refractivity contribution in [2.24, 2.45) is 0 Å². The van der Waals surface area contributed by atoms with E-state index >= 15 is 0 Å². The molecule has 4 rings (SSSR count). The number of aromatic nitrogens is 4. The number of H-pyrrole nitrogens is 1. The number of fused-ring (bicyclic) bond motifs is 1. The highest BCUT2D eigenvalue weighted by molar-refractivity contribution is 5.72. The van der Waals surface area contributed by atoms with Gasteiger partial charge in [0.1, 0.15) is 11.6 Å². The summed E-state index contributed by atoms with van der Waals surface area (Å²) in [5.74, 6) is -0.0704. The molecule has 0 aliphatic rings. The van der Waals surface area contributed by atoms with Crippen LogP contribution in [0, 0.1) is 5.82 Å². The van der Waals surface area contributed by atoms with Crippen molar-refractivity contribution in [2.75, 3.05) is 0 Å². The number of benzene rings is 2. The molecule has 0 radical (unpaired) electrons. The van der Waals surface area contributed by atoms with Gasteiger partial charge in [-0.3, -0.25) is 4.79 Å². The van der Waals surface area contributed by atoms with E-state index in [1.807, 2.05) is 30.3 Å². The van der Waals surface area contributed by atoms with Crippen LogP contribution in [0.5, 0.6) is 0 Å². The second-order valence-corrected chi connectivity index (χ2v) is 5.77. The Balaban J connectivity index is 1.69. The summed E-state index contributed by atoms with van der Waals surface area (Å²) >= 11 is 0. The summed E-state index contributed by atoms with van der Waals surface area (Å²) in [6, 6.07) is 16.0. The third-order valence-electron chi connectivity index (χ3n) is 4.07. The van der Waals surface area contributed by atoms with Crippen molar-refractivity contribution in [1.82, 2.24) is 19.5 Å². The predicted molar refractivity (Wildman–Crippen MR) is 93.7 cm³/mol. The van der Waals surface area contributed by atoms with E-state index in [4.69, 9.17) is 0 Å². The van der Waals surface area contributed by atoms with E-state index in [-0.39, 0.29) is 11.4 Å². The zero-order chi connectivity index (χ0) is 17.2. The summed E-state index contributed by atoms with van der Waals surface area (Å²) in [4.78, 5) is 23.8. The number of hydrogen-bond acceptors (Lipinski definition) is 3. The number of hydrogen-bond donors (Lipinski definition) is 1. The van der Waals surface area contributed by atoms with Gasteiger partial charge in [0.2, 0.25) is 0 Å². The minimum absolute atomic E-state index is 0.283. The second kappa shape index (κ2) is 6.32. The first-order valence-corrected chi connectivity index (χ1v) is 7.96. The topological polar surface area (TPSA) is 63.6 Å². The first kappa shape index (κ1) is 15.3. The summed E-state index contributed by atoms with van der Waals surface area (Å²) in [6.45, 7) is 0.630. The lowest BCUT2D eigenvalue weighted by Gasteiger charge is -2.05. The van der Waals surface area contributed by atoms with E-state index in [1.54, 1.807) is 23.0 Å². The van der Waals surface area contributed by atoms with Crippen LogP contribution in [0.2, 0.25) is 0 Å². The maximum Gasteiger partial charge on any atom is 0.277 e. The fourth-order valence-electron chi connectivity index (χ4n) is 2.82. The lowest BCUT2D eigenvalue weighted by molar-refractivity contribution is 0.628. The van der Waals surface area contributed by atoms with Gasteiger partial charge >= 0.3 is 0 Å². The van der Waals surface area contributed by atoms with Gasteiger partial charge in [0.25, 0.3) is 5.56 Å². The highest BCUT2D eigenvalue weighted by Gasteiger charge is 2.12. The van der Waals surface area contributed by atoms with Crippen LogP contribution in [0.4, 0.5) is 4.39 Å². The first-order chi connectivity index (χ1) is 12.2. The number of aryl methyl sites for hydroxylation is 2. The molecule has 0 saturated heterocycles. The molecule has 0 aliphatic carbocycles. The Morgan fingerprint density at radius 3 is 2.72 bits per heavy atom. The normalized spacial score (nSPS) is 11.1. The lowest BCUT2D eigenvalue weighted by atomic mass is 10.1. The summed E-state index contributed by atoms with van der Waals surface area (Å²) in [6.07, 6.45) is 2.41. The molecule has 25 heavy (non-hydrogen) atoms. The largest absolute Gasteiger partial charge is 0.324 e. The van der Waals surface area contributed by atoms with Crippen molar-refractivity contribution >= 4 is 11.2 Å². The third-order valence-corrected chi connectivity index (χ3v) is 4.07. The molecule has 2 aromatic heterocycles. The van der Waals surface area contributed by atoms with Crippen molar-refractivity contribution in [3.63, 3.8) is 0 Å². The van der Waals surface area contributed by atoms with Crippen LogP contribution < -0.4 is 5.56 Å². The average molecular weight is 334 g/mol. The fraction of sp³-hybridized carbons (Fsp3) is 0.105. The summed E-state index contributed by atoms with van der Waals surface area (Å²) < 4.78 is 15.2. The van der Waals surface area contributed by atoms with E-state index in [0.29, 0.717) is 29.1 Å². The van der Waals surface area contributed by atoms with Gasteiger partial charge < -0.3 is 9.55 Å². The standard InChI is InChI=1S/C19H15FN4O/c20-15-8-4-7-14(11-15)17-22-18-16(19(25)23-17)24(12-21-18)10-9-13-5-2-1-3-6-13/h1-8,11-12H,9-10H2,(H,22,23,25). The van der Waals surface area contributed by atoms with E-state index in [9.17, 15) is 9.18 Å². The molecule has 0 amide bonds. The molecule has 5 nitrogen and oxygen atoms in total. The van der Waals surface area contributed by atoms with Gasteiger partial charge in [-0.15, -0.1) is 0 Å². The molecule has 0 saturated carbocycles. The molecule has 2 aromatic carbocycles. The Morgan fingerprint density at radius 2 is 1.92 bits per heavy atom. The quantitative estimate of drug-likeness (QED) is 0.623. The first-order valence-electron chi connectivity index (χ1n) is 7.96. The van der Waals surface area contributed by atoms with Crippen molar-refractivity contribution in [1.29, 1.82) is 0 Å². The summed E-state index contributed by atoms with van der Waals surface area (Å²) in [5, 5.41) is 0. The Bertz CT molecular complexity index is 1090. The highest BCUT2D eigenvalue weighted by atomic mass is 19.1. The smallest absolute Gasteiger partial charge is 0.277 e. The molecule has 2 heterocycles. The molecule has 4 aromatic rings. The molecule has 0 fully saturated rings. The van der Waals surface area contributed by atoms with Crippen LogP contribution in [-0.4, -0.2) is 19.5 Å². The Kier molecular flexibility index (Phi) is 3.85. The number of nitrogens with one attached hydrogen (secondary N) is 1. The Morgan fingerprint density at radius 1 is 1.08 bits per heavy atom. The van der Waals surface area contributed by atoms with Crippen LogP contribution in [0.15, 0.2) is 65.7 Å². The van der Waals surface area contributed by atoms with Crippen LogP contribution in [0.1, 0.15) is 5.56 Å². The van der Waals surface area contributed by atoms with Crippen molar-refractivity contribution in [3.05, 3.63) is 82.7 Å². The monoisotopic (exact) mass is 334 g/mol. The third kappa shape index (κ3) is 3.06. The zero-order valence-corrected chi connectivity index (χ0v) is 13.3. The predicted octanol–water partition coefficient (Wildman–Crippen LogP) is 3.17. The zero-order valence-electron chi connectivity index (χ0n) is 13.3. The molecule has 0 atom stereocenters.